The van der Waals surface area contributed by atoms with E-state index in [1.165, 1.54) is 0 Å². The summed E-state index contributed by atoms with van der Waals surface area (Å²) in [5.41, 5.74) is 0.467. The molecule has 0 saturated heterocycles. The van der Waals surface area contributed by atoms with Crippen LogP contribution in [0.4, 0.5) is 0 Å². The first-order chi connectivity index (χ1) is 8.45. The van der Waals surface area contributed by atoms with Crippen molar-refractivity contribution in [3.8, 4) is 0 Å². The van der Waals surface area contributed by atoms with E-state index in [4.69, 9.17) is 0 Å². The highest BCUT2D eigenvalue weighted by Crippen LogP contribution is 2.19. The molecule has 2 amide bonds. The number of nitrogens with zero attached hydrogens (tertiary/aromatic N) is 1. The molecule has 1 N–H and O–H groups in total. The number of thiol groups is 1. The Bertz CT molecular complexity index is 465. The second kappa shape index (κ2) is 6.80. The Morgan fingerprint density at radius 2 is 2.11 bits per heavy atom. The van der Waals surface area contributed by atoms with Gasteiger partial charge in [-0.05, 0) is 41.1 Å². The van der Waals surface area contributed by atoms with Gasteiger partial charge in [0.25, 0.3) is 5.91 Å². The number of carbonyl (C=O) groups is 2. The van der Waals surface area contributed by atoms with Gasteiger partial charge in [-0.2, -0.15) is 0 Å². The molecule has 6 heteroatoms. The number of likely N-dealkylation sites (N-methyl/N-ethyl adjacent to an activating group) is 1. The summed E-state index contributed by atoms with van der Waals surface area (Å²) in [5, 5.41) is 2.59. The molecule has 0 radical (unpaired) electrons. The maximum absolute atomic E-state index is 11.9. The SMILES string of the molecule is CCN(C)C(=O)CNC(=O)c1cc(S)ccc1Br. The molecule has 0 aliphatic carbocycles. The summed E-state index contributed by atoms with van der Waals surface area (Å²) >= 11 is 7.47. The van der Waals surface area contributed by atoms with Crippen molar-refractivity contribution in [1.29, 1.82) is 0 Å². The highest BCUT2D eigenvalue weighted by molar-refractivity contribution is 9.10. The fraction of sp³-hybridized carbons (Fsp3) is 0.333. The van der Waals surface area contributed by atoms with E-state index in [2.05, 4.69) is 33.9 Å². The third kappa shape index (κ3) is 4.03. The zero-order valence-electron chi connectivity index (χ0n) is 10.2. The van der Waals surface area contributed by atoms with Crippen molar-refractivity contribution in [2.24, 2.45) is 0 Å². The molecule has 0 fully saturated rings. The van der Waals surface area contributed by atoms with Crippen molar-refractivity contribution < 1.29 is 9.59 Å². The molecule has 4 nitrogen and oxygen atoms in total. The van der Waals surface area contributed by atoms with E-state index in [0.717, 1.165) is 0 Å². The van der Waals surface area contributed by atoms with Crippen LogP contribution < -0.4 is 5.32 Å². The lowest BCUT2D eigenvalue weighted by Gasteiger charge is -2.15. The number of hydrogen-bond acceptors (Lipinski definition) is 3. The Morgan fingerprint density at radius 1 is 1.44 bits per heavy atom. The van der Waals surface area contributed by atoms with Gasteiger partial charge in [-0.3, -0.25) is 9.59 Å². The average Bonchev–Trinajstić information content (AvgIpc) is 2.37. The minimum Gasteiger partial charge on any atom is -0.345 e. The molecular formula is C12H15BrN2O2S. The standard InChI is InChI=1S/C12H15BrN2O2S/c1-3-15(2)11(16)7-14-12(17)9-6-8(18)4-5-10(9)13/h4-6,18H,3,7H2,1-2H3,(H,14,17). The second-order valence-electron chi connectivity index (χ2n) is 3.75. The van der Waals surface area contributed by atoms with E-state index in [0.29, 0.717) is 21.5 Å². The molecule has 18 heavy (non-hydrogen) atoms. The average molecular weight is 331 g/mol. The minimum absolute atomic E-state index is 0.00753. The highest BCUT2D eigenvalue weighted by Gasteiger charge is 2.13. The highest BCUT2D eigenvalue weighted by atomic mass is 79.9. The summed E-state index contributed by atoms with van der Waals surface area (Å²) in [6, 6.07) is 5.17. The first kappa shape index (κ1) is 15.0. The fourth-order valence-electron chi connectivity index (χ4n) is 1.25. The smallest absolute Gasteiger partial charge is 0.252 e. The van der Waals surface area contributed by atoms with Gasteiger partial charge < -0.3 is 10.2 Å². The van der Waals surface area contributed by atoms with E-state index in [1.807, 2.05) is 6.92 Å². The summed E-state index contributed by atoms with van der Waals surface area (Å²) in [6.07, 6.45) is 0. The molecule has 0 bridgehead atoms. The van der Waals surface area contributed by atoms with Crippen molar-refractivity contribution in [3.05, 3.63) is 28.2 Å². The molecule has 0 unspecified atom stereocenters. The lowest BCUT2D eigenvalue weighted by Crippen LogP contribution is -2.38. The number of nitrogens with one attached hydrogen (secondary N) is 1. The second-order valence-corrected chi connectivity index (χ2v) is 5.13. The Balaban J connectivity index is 2.66. The van der Waals surface area contributed by atoms with Crippen LogP contribution in [0.5, 0.6) is 0 Å². The first-order valence-electron chi connectivity index (χ1n) is 5.46. The maximum Gasteiger partial charge on any atom is 0.252 e. The number of amides is 2. The number of halogens is 1. The topological polar surface area (TPSA) is 49.4 Å². The number of benzene rings is 1. The number of hydrogen-bond donors (Lipinski definition) is 2. The molecule has 0 aliphatic heterocycles. The Hall–Kier alpha value is -1.01. The van der Waals surface area contributed by atoms with Gasteiger partial charge in [0.15, 0.2) is 0 Å². The summed E-state index contributed by atoms with van der Waals surface area (Å²) in [5.74, 6) is -0.417. The van der Waals surface area contributed by atoms with Crippen LogP contribution in [-0.4, -0.2) is 36.9 Å². The number of carbonyl (C=O) groups excluding carboxylic acids is 2. The van der Waals surface area contributed by atoms with Crippen LogP contribution >= 0.6 is 28.6 Å². The monoisotopic (exact) mass is 330 g/mol. The van der Waals surface area contributed by atoms with E-state index in [-0.39, 0.29) is 18.4 Å². The first-order valence-corrected chi connectivity index (χ1v) is 6.70. The zero-order chi connectivity index (χ0) is 13.7. The van der Waals surface area contributed by atoms with Gasteiger partial charge in [0.05, 0.1) is 12.1 Å². The third-order valence-corrected chi connectivity index (χ3v) is 3.46. The van der Waals surface area contributed by atoms with Gasteiger partial charge in [0, 0.05) is 23.0 Å². The lowest BCUT2D eigenvalue weighted by molar-refractivity contribution is -0.128. The predicted octanol–water partition coefficient (Wildman–Crippen LogP) is 1.95. The van der Waals surface area contributed by atoms with Crippen molar-refractivity contribution >= 4 is 40.4 Å². The van der Waals surface area contributed by atoms with Crippen molar-refractivity contribution in [1.82, 2.24) is 10.2 Å². The van der Waals surface area contributed by atoms with Gasteiger partial charge in [0.2, 0.25) is 5.91 Å². The number of rotatable bonds is 4. The molecule has 98 valence electrons. The summed E-state index contributed by atoms with van der Waals surface area (Å²) in [6.45, 7) is 2.48. The van der Waals surface area contributed by atoms with Gasteiger partial charge in [-0.1, -0.05) is 0 Å². The summed E-state index contributed by atoms with van der Waals surface area (Å²) in [4.78, 5) is 25.7. The zero-order valence-corrected chi connectivity index (χ0v) is 12.7. The fourth-order valence-corrected chi connectivity index (χ4v) is 1.88. The molecule has 0 heterocycles. The molecule has 0 atom stereocenters. The normalized spacial score (nSPS) is 10.0. The van der Waals surface area contributed by atoms with E-state index < -0.39 is 0 Å². The molecule has 0 aromatic heterocycles. The largest absolute Gasteiger partial charge is 0.345 e. The minimum atomic E-state index is -0.296. The van der Waals surface area contributed by atoms with Crippen LogP contribution in [-0.2, 0) is 4.79 Å². The van der Waals surface area contributed by atoms with Crippen LogP contribution in [0.2, 0.25) is 0 Å². The molecule has 0 spiro atoms. The maximum atomic E-state index is 11.9. The van der Waals surface area contributed by atoms with Crippen molar-refractivity contribution in [3.63, 3.8) is 0 Å². The lowest BCUT2D eigenvalue weighted by atomic mass is 10.2. The molecule has 0 aliphatic rings. The summed E-state index contributed by atoms with van der Waals surface area (Å²) < 4.78 is 0.675. The molecule has 1 rings (SSSR count). The van der Waals surface area contributed by atoms with Crippen LogP contribution in [0, 0.1) is 0 Å². The molecular weight excluding hydrogens is 316 g/mol. The summed E-state index contributed by atoms with van der Waals surface area (Å²) in [7, 11) is 1.69. The van der Waals surface area contributed by atoms with Gasteiger partial charge in [-0.15, -0.1) is 12.6 Å². The van der Waals surface area contributed by atoms with E-state index >= 15 is 0 Å². The quantitative estimate of drug-likeness (QED) is 0.829. The van der Waals surface area contributed by atoms with E-state index in [1.54, 1.807) is 30.1 Å². The van der Waals surface area contributed by atoms with Crippen LogP contribution in [0.15, 0.2) is 27.6 Å². The van der Waals surface area contributed by atoms with Crippen LogP contribution in [0.3, 0.4) is 0 Å². The van der Waals surface area contributed by atoms with Crippen molar-refractivity contribution in [2.45, 2.75) is 11.8 Å². The van der Waals surface area contributed by atoms with Gasteiger partial charge >= 0.3 is 0 Å². The third-order valence-electron chi connectivity index (χ3n) is 2.49. The Morgan fingerprint density at radius 3 is 2.72 bits per heavy atom. The Labute approximate surface area is 120 Å². The molecule has 1 aromatic rings. The van der Waals surface area contributed by atoms with Gasteiger partial charge in [-0.25, -0.2) is 0 Å². The van der Waals surface area contributed by atoms with E-state index in [9.17, 15) is 9.59 Å². The predicted molar refractivity (Wildman–Crippen MR) is 77.0 cm³/mol. The molecule has 1 aromatic carbocycles. The van der Waals surface area contributed by atoms with Crippen LogP contribution in [0.1, 0.15) is 17.3 Å². The van der Waals surface area contributed by atoms with Gasteiger partial charge in [0.1, 0.15) is 0 Å². The van der Waals surface area contributed by atoms with Crippen molar-refractivity contribution in [2.75, 3.05) is 20.1 Å². The van der Waals surface area contributed by atoms with Crippen LogP contribution in [0.25, 0.3) is 0 Å². The molecule has 0 saturated carbocycles. The Kier molecular flexibility index (Phi) is 5.68.